The summed E-state index contributed by atoms with van der Waals surface area (Å²) in [6.07, 6.45) is 2.39. The summed E-state index contributed by atoms with van der Waals surface area (Å²) in [5, 5.41) is 18.6. The van der Waals surface area contributed by atoms with Crippen molar-refractivity contribution in [2.45, 2.75) is 46.1 Å². The van der Waals surface area contributed by atoms with Crippen molar-refractivity contribution >= 4 is 11.7 Å². The highest BCUT2D eigenvalue weighted by atomic mass is 16.1. The Morgan fingerprint density at radius 1 is 1.33 bits per heavy atom. The number of hydrogen-bond donors (Lipinski definition) is 2. The number of carbonyl (C=O) groups excluding carboxylic acids is 1. The van der Waals surface area contributed by atoms with Crippen LogP contribution in [0.25, 0.3) is 0 Å². The average Bonchev–Trinajstić information content (AvgIpc) is 2.88. The van der Waals surface area contributed by atoms with Gasteiger partial charge in [0.1, 0.15) is 0 Å². The molecule has 0 saturated carbocycles. The van der Waals surface area contributed by atoms with Crippen molar-refractivity contribution in [1.82, 2.24) is 25.7 Å². The van der Waals surface area contributed by atoms with Crippen LogP contribution in [0, 0.1) is 20.8 Å². The molecule has 2 N–H and O–H groups in total. The van der Waals surface area contributed by atoms with Gasteiger partial charge < -0.3 is 10.2 Å². The molecule has 1 fully saturated rings. The Bertz CT molecular complexity index is 689. The number of hydrogen-bond acceptors (Lipinski definition) is 5. The normalized spacial score (nSPS) is 17.8. The summed E-state index contributed by atoms with van der Waals surface area (Å²) in [5.41, 5.74) is 3.75. The standard InChI is InChI=1S/C17H24N6O/c1-11-6-7-16(22-19-11)23-8-4-5-14(10-23)18-17(24)9-15-12(2)20-21-13(15)3/h6-7,14H,4-5,8-10H2,1-3H3,(H,18,24)(H,20,21). The van der Waals surface area contributed by atoms with Gasteiger partial charge in [-0.15, -0.1) is 5.10 Å². The van der Waals surface area contributed by atoms with E-state index in [0.29, 0.717) is 6.42 Å². The molecule has 2 aromatic heterocycles. The van der Waals surface area contributed by atoms with Crippen LogP contribution < -0.4 is 10.2 Å². The number of H-pyrrole nitrogens is 1. The topological polar surface area (TPSA) is 86.8 Å². The van der Waals surface area contributed by atoms with Crippen molar-refractivity contribution in [3.05, 3.63) is 34.8 Å². The Balaban J connectivity index is 1.59. The van der Waals surface area contributed by atoms with Gasteiger partial charge in [0.2, 0.25) is 5.91 Å². The SMILES string of the molecule is Cc1ccc(N2CCCC(NC(=O)Cc3c(C)n[nH]c3C)C2)nn1. The Kier molecular flexibility index (Phi) is 4.78. The van der Waals surface area contributed by atoms with Gasteiger partial charge >= 0.3 is 0 Å². The lowest BCUT2D eigenvalue weighted by Gasteiger charge is -2.33. The third kappa shape index (κ3) is 3.72. The van der Waals surface area contributed by atoms with Crippen molar-refractivity contribution < 1.29 is 4.79 Å². The summed E-state index contributed by atoms with van der Waals surface area (Å²) < 4.78 is 0. The smallest absolute Gasteiger partial charge is 0.224 e. The molecule has 0 aliphatic carbocycles. The van der Waals surface area contributed by atoms with E-state index in [9.17, 15) is 4.79 Å². The zero-order chi connectivity index (χ0) is 17.1. The maximum absolute atomic E-state index is 12.4. The Morgan fingerprint density at radius 2 is 2.17 bits per heavy atom. The molecular weight excluding hydrogens is 304 g/mol. The number of piperidine rings is 1. The molecule has 0 radical (unpaired) electrons. The van der Waals surface area contributed by atoms with Gasteiger partial charge in [-0.1, -0.05) is 0 Å². The molecule has 0 spiro atoms. The number of anilines is 1. The Morgan fingerprint density at radius 3 is 2.83 bits per heavy atom. The number of nitrogens with zero attached hydrogens (tertiary/aromatic N) is 4. The second-order valence-corrected chi connectivity index (χ2v) is 6.47. The highest BCUT2D eigenvalue weighted by molar-refractivity contribution is 5.79. The first-order valence-electron chi connectivity index (χ1n) is 8.38. The van der Waals surface area contributed by atoms with Crippen molar-refractivity contribution in [3.63, 3.8) is 0 Å². The molecule has 1 aliphatic rings. The fraction of sp³-hybridized carbons (Fsp3) is 0.529. The van der Waals surface area contributed by atoms with Gasteiger partial charge in [-0.05, 0) is 45.7 Å². The highest BCUT2D eigenvalue weighted by Gasteiger charge is 2.23. The third-order valence-electron chi connectivity index (χ3n) is 4.51. The second kappa shape index (κ2) is 6.98. The lowest BCUT2D eigenvalue weighted by molar-refractivity contribution is -0.121. The van der Waals surface area contributed by atoms with Crippen molar-refractivity contribution in [3.8, 4) is 0 Å². The predicted molar refractivity (Wildman–Crippen MR) is 91.9 cm³/mol. The van der Waals surface area contributed by atoms with Crippen LogP contribution in [0.3, 0.4) is 0 Å². The molecular formula is C17H24N6O. The number of amides is 1. The van der Waals surface area contributed by atoms with Crippen LogP contribution >= 0.6 is 0 Å². The van der Waals surface area contributed by atoms with E-state index in [0.717, 1.165) is 54.4 Å². The predicted octanol–water partition coefficient (Wildman–Crippen LogP) is 1.45. The van der Waals surface area contributed by atoms with Crippen molar-refractivity contribution in [2.75, 3.05) is 18.0 Å². The summed E-state index contributed by atoms with van der Waals surface area (Å²) in [6.45, 7) is 7.51. The lowest BCUT2D eigenvalue weighted by atomic mass is 10.0. The summed E-state index contributed by atoms with van der Waals surface area (Å²) in [4.78, 5) is 14.6. The van der Waals surface area contributed by atoms with Crippen LogP contribution in [-0.2, 0) is 11.2 Å². The van der Waals surface area contributed by atoms with Gasteiger partial charge in [-0.25, -0.2) is 0 Å². The third-order valence-corrected chi connectivity index (χ3v) is 4.51. The van der Waals surface area contributed by atoms with Crippen molar-refractivity contribution in [2.24, 2.45) is 0 Å². The number of aromatic nitrogens is 4. The maximum Gasteiger partial charge on any atom is 0.224 e. The number of aryl methyl sites for hydroxylation is 3. The number of rotatable bonds is 4. The van der Waals surface area contributed by atoms with Crippen molar-refractivity contribution in [1.29, 1.82) is 0 Å². The summed E-state index contributed by atoms with van der Waals surface area (Å²) in [5.74, 6) is 0.922. The van der Waals surface area contributed by atoms with Crippen LogP contribution in [0.5, 0.6) is 0 Å². The van der Waals surface area contributed by atoms with Crippen LogP contribution in [0.15, 0.2) is 12.1 Å². The number of aromatic amines is 1. The molecule has 1 amide bonds. The average molecular weight is 328 g/mol. The summed E-state index contributed by atoms with van der Waals surface area (Å²) in [7, 11) is 0. The molecule has 24 heavy (non-hydrogen) atoms. The van der Waals surface area contributed by atoms with Crippen LogP contribution in [0.1, 0.15) is 35.5 Å². The molecule has 2 aromatic rings. The van der Waals surface area contributed by atoms with E-state index >= 15 is 0 Å². The van der Waals surface area contributed by atoms with Gasteiger partial charge in [0, 0.05) is 30.4 Å². The van der Waals surface area contributed by atoms with Gasteiger partial charge in [-0.3, -0.25) is 9.89 Å². The van der Waals surface area contributed by atoms with E-state index in [1.54, 1.807) is 0 Å². The van der Waals surface area contributed by atoms with Crippen LogP contribution in [0.4, 0.5) is 5.82 Å². The van der Waals surface area contributed by atoms with Gasteiger partial charge in [-0.2, -0.15) is 10.2 Å². The fourth-order valence-corrected chi connectivity index (χ4v) is 3.14. The minimum atomic E-state index is 0.0458. The van der Waals surface area contributed by atoms with E-state index in [4.69, 9.17) is 0 Å². The second-order valence-electron chi connectivity index (χ2n) is 6.47. The fourth-order valence-electron chi connectivity index (χ4n) is 3.14. The van der Waals surface area contributed by atoms with Gasteiger partial charge in [0.05, 0.1) is 17.8 Å². The monoisotopic (exact) mass is 328 g/mol. The molecule has 1 atom stereocenters. The molecule has 7 nitrogen and oxygen atoms in total. The van der Waals surface area contributed by atoms with E-state index in [1.165, 1.54) is 0 Å². The Hall–Kier alpha value is -2.44. The van der Waals surface area contributed by atoms with E-state index in [2.05, 4.69) is 30.6 Å². The van der Waals surface area contributed by atoms with Gasteiger partial charge in [0.25, 0.3) is 0 Å². The maximum atomic E-state index is 12.4. The minimum Gasteiger partial charge on any atom is -0.353 e. The molecule has 1 unspecified atom stereocenters. The van der Waals surface area contributed by atoms with Gasteiger partial charge in [0.15, 0.2) is 5.82 Å². The number of nitrogens with one attached hydrogen (secondary N) is 2. The van der Waals surface area contributed by atoms with Crippen LogP contribution in [-0.4, -0.2) is 45.4 Å². The molecule has 0 aromatic carbocycles. The van der Waals surface area contributed by atoms with E-state index in [1.807, 2.05) is 32.9 Å². The number of carbonyl (C=O) groups is 1. The first-order valence-corrected chi connectivity index (χ1v) is 8.38. The highest BCUT2D eigenvalue weighted by Crippen LogP contribution is 2.17. The lowest BCUT2D eigenvalue weighted by Crippen LogP contribution is -2.48. The first-order chi connectivity index (χ1) is 11.5. The zero-order valence-corrected chi connectivity index (χ0v) is 14.5. The van der Waals surface area contributed by atoms with Crippen LogP contribution in [0.2, 0.25) is 0 Å². The largest absolute Gasteiger partial charge is 0.353 e. The summed E-state index contributed by atoms with van der Waals surface area (Å²) >= 11 is 0. The molecule has 1 aliphatic heterocycles. The molecule has 3 heterocycles. The van der Waals surface area contributed by atoms with E-state index in [-0.39, 0.29) is 11.9 Å². The summed E-state index contributed by atoms with van der Waals surface area (Å²) in [6, 6.07) is 4.10. The minimum absolute atomic E-state index is 0.0458. The van der Waals surface area contributed by atoms with E-state index < -0.39 is 0 Å². The Labute approximate surface area is 141 Å². The molecule has 3 rings (SSSR count). The molecule has 7 heteroatoms. The molecule has 1 saturated heterocycles. The quantitative estimate of drug-likeness (QED) is 0.887. The first kappa shape index (κ1) is 16.4. The zero-order valence-electron chi connectivity index (χ0n) is 14.5. The molecule has 0 bridgehead atoms. The molecule has 128 valence electrons.